The van der Waals surface area contributed by atoms with E-state index in [1.807, 2.05) is 11.8 Å². The van der Waals surface area contributed by atoms with Crippen molar-refractivity contribution in [1.82, 2.24) is 15.0 Å². The maximum Gasteiger partial charge on any atom is 0.240 e. The zero-order chi connectivity index (χ0) is 16.1. The third-order valence-corrected chi connectivity index (χ3v) is 5.32. The molecule has 1 aromatic carbocycles. The van der Waals surface area contributed by atoms with Crippen molar-refractivity contribution in [3.05, 3.63) is 47.6 Å². The Morgan fingerprint density at radius 1 is 1.35 bits per heavy atom. The van der Waals surface area contributed by atoms with Crippen LogP contribution < -0.4 is 0 Å². The van der Waals surface area contributed by atoms with E-state index in [1.54, 1.807) is 7.11 Å². The van der Waals surface area contributed by atoms with Gasteiger partial charge in [-0.2, -0.15) is 16.7 Å². The van der Waals surface area contributed by atoms with Crippen LogP contribution in [0, 0.1) is 0 Å². The standard InChI is InChI=1S/C17H23N3O2S/c1-13-17(14-6-4-3-5-7-14)20(9-11-23-13)12-16-18-15(19-22-16)8-10-21-2/h3-7,13,17H,8-12H2,1-2H3/t13-,17+/m0/s1. The Kier molecular flexibility index (Phi) is 5.70. The molecule has 0 unspecified atom stereocenters. The van der Waals surface area contributed by atoms with Gasteiger partial charge in [0.1, 0.15) is 0 Å². The summed E-state index contributed by atoms with van der Waals surface area (Å²) in [6.45, 7) is 4.64. The van der Waals surface area contributed by atoms with Gasteiger partial charge in [-0.1, -0.05) is 42.4 Å². The molecule has 0 bridgehead atoms. The van der Waals surface area contributed by atoms with Crippen LogP contribution in [0.3, 0.4) is 0 Å². The molecule has 5 nitrogen and oxygen atoms in total. The Morgan fingerprint density at radius 2 is 2.17 bits per heavy atom. The van der Waals surface area contributed by atoms with Crippen molar-refractivity contribution < 1.29 is 9.26 Å². The van der Waals surface area contributed by atoms with E-state index in [1.165, 1.54) is 5.56 Å². The van der Waals surface area contributed by atoms with Crippen LogP contribution in [0.15, 0.2) is 34.9 Å². The second-order valence-electron chi connectivity index (χ2n) is 5.75. The highest BCUT2D eigenvalue weighted by Crippen LogP contribution is 2.36. The van der Waals surface area contributed by atoms with Crippen LogP contribution in [0.4, 0.5) is 0 Å². The SMILES string of the molecule is COCCc1noc(CN2CCS[C@@H](C)[C@@H]2c2ccccc2)n1. The number of rotatable bonds is 6. The van der Waals surface area contributed by atoms with Gasteiger partial charge in [-0.05, 0) is 5.56 Å². The molecule has 0 N–H and O–H groups in total. The highest BCUT2D eigenvalue weighted by atomic mass is 32.2. The van der Waals surface area contributed by atoms with Crippen molar-refractivity contribution in [1.29, 1.82) is 0 Å². The average Bonchev–Trinajstić information content (AvgIpc) is 3.01. The van der Waals surface area contributed by atoms with Crippen molar-refractivity contribution in [3.63, 3.8) is 0 Å². The molecule has 0 radical (unpaired) electrons. The van der Waals surface area contributed by atoms with Crippen LogP contribution in [0.25, 0.3) is 0 Å². The molecule has 1 aliphatic heterocycles. The topological polar surface area (TPSA) is 51.4 Å². The number of ether oxygens (including phenoxy) is 1. The summed E-state index contributed by atoms with van der Waals surface area (Å²) in [5.41, 5.74) is 1.35. The fraction of sp³-hybridized carbons (Fsp3) is 0.529. The first-order valence-electron chi connectivity index (χ1n) is 7.99. The lowest BCUT2D eigenvalue weighted by molar-refractivity contribution is 0.167. The molecule has 2 aromatic rings. The molecular formula is C17H23N3O2S. The predicted molar refractivity (Wildman–Crippen MR) is 91.4 cm³/mol. The maximum absolute atomic E-state index is 5.42. The molecule has 1 aliphatic rings. The zero-order valence-corrected chi connectivity index (χ0v) is 14.5. The number of thioether (sulfide) groups is 1. The van der Waals surface area contributed by atoms with Crippen LogP contribution >= 0.6 is 11.8 Å². The summed E-state index contributed by atoms with van der Waals surface area (Å²) in [5.74, 6) is 2.54. The number of hydrogen-bond acceptors (Lipinski definition) is 6. The molecule has 0 saturated carbocycles. The van der Waals surface area contributed by atoms with Crippen LogP contribution in [0.2, 0.25) is 0 Å². The van der Waals surface area contributed by atoms with E-state index >= 15 is 0 Å². The van der Waals surface area contributed by atoms with Gasteiger partial charge in [0, 0.05) is 37.1 Å². The quantitative estimate of drug-likeness (QED) is 0.810. The van der Waals surface area contributed by atoms with E-state index in [-0.39, 0.29) is 0 Å². The minimum Gasteiger partial charge on any atom is -0.384 e. The molecule has 1 fully saturated rings. The number of nitrogens with zero attached hydrogens (tertiary/aromatic N) is 3. The first-order valence-corrected chi connectivity index (χ1v) is 9.04. The monoisotopic (exact) mass is 333 g/mol. The maximum atomic E-state index is 5.42. The molecule has 23 heavy (non-hydrogen) atoms. The normalized spacial score (nSPS) is 22.3. The lowest BCUT2D eigenvalue weighted by Crippen LogP contribution is -2.39. The molecule has 2 atom stereocenters. The molecule has 0 aliphatic carbocycles. The Hall–Kier alpha value is -1.37. The molecular weight excluding hydrogens is 310 g/mol. The fourth-order valence-corrected chi connectivity index (χ4v) is 4.24. The van der Waals surface area contributed by atoms with Gasteiger partial charge in [-0.3, -0.25) is 4.90 Å². The molecule has 0 spiro atoms. The summed E-state index contributed by atoms with van der Waals surface area (Å²) >= 11 is 2.03. The van der Waals surface area contributed by atoms with Crippen molar-refractivity contribution in [3.8, 4) is 0 Å². The third kappa shape index (κ3) is 4.13. The summed E-state index contributed by atoms with van der Waals surface area (Å²) in [7, 11) is 1.68. The second kappa shape index (κ2) is 7.95. The van der Waals surface area contributed by atoms with Crippen molar-refractivity contribution >= 4 is 11.8 Å². The smallest absolute Gasteiger partial charge is 0.240 e. The Bertz CT molecular complexity index is 605. The first kappa shape index (κ1) is 16.5. The van der Waals surface area contributed by atoms with Gasteiger partial charge in [0.25, 0.3) is 0 Å². The lowest BCUT2D eigenvalue weighted by Gasteiger charge is -2.39. The minimum absolute atomic E-state index is 0.379. The molecule has 6 heteroatoms. The van der Waals surface area contributed by atoms with Crippen molar-refractivity contribution in [2.75, 3.05) is 26.0 Å². The van der Waals surface area contributed by atoms with E-state index in [0.29, 0.717) is 36.8 Å². The van der Waals surface area contributed by atoms with E-state index in [0.717, 1.165) is 18.1 Å². The number of methoxy groups -OCH3 is 1. The summed E-state index contributed by atoms with van der Waals surface area (Å²) < 4.78 is 10.5. The minimum atomic E-state index is 0.379. The largest absolute Gasteiger partial charge is 0.384 e. The summed E-state index contributed by atoms with van der Waals surface area (Å²) in [4.78, 5) is 6.94. The van der Waals surface area contributed by atoms with E-state index in [4.69, 9.17) is 9.26 Å². The van der Waals surface area contributed by atoms with Crippen molar-refractivity contribution in [2.45, 2.75) is 31.2 Å². The molecule has 1 aromatic heterocycles. The first-order chi connectivity index (χ1) is 11.3. The van der Waals surface area contributed by atoms with Gasteiger partial charge in [0.05, 0.1) is 13.2 Å². The summed E-state index contributed by atoms with van der Waals surface area (Å²) in [6, 6.07) is 11.1. The number of hydrogen-bond donors (Lipinski definition) is 0. The zero-order valence-electron chi connectivity index (χ0n) is 13.6. The number of benzene rings is 1. The second-order valence-corrected chi connectivity index (χ2v) is 7.23. The van der Waals surface area contributed by atoms with Crippen molar-refractivity contribution in [2.24, 2.45) is 0 Å². The van der Waals surface area contributed by atoms with Gasteiger partial charge < -0.3 is 9.26 Å². The van der Waals surface area contributed by atoms with Crippen LogP contribution in [0.5, 0.6) is 0 Å². The Balaban J connectivity index is 1.72. The molecule has 3 rings (SSSR count). The van der Waals surface area contributed by atoms with Gasteiger partial charge in [-0.15, -0.1) is 0 Å². The summed E-state index contributed by atoms with van der Waals surface area (Å²) in [5, 5.41) is 4.58. The van der Waals surface area contributed by atoms with Crippen LogP contribution in [-0.2, 0) is 17.7 Å². The van der Waals surface area contributed by atoms with Crippen LogP contribution in [-0.4, -0.2) is 46.3 Å². The predicted octanol–water partition coefficient (Wildman–Crippen LogP) is 2.94. The highest BCUT2D eigenvalue weighted by Gasteiger charge is 2.31. The van der Waals surface area contributed by atoms with Gasteiger partial charge in [0.2, 0.25) is 5.89 Å². The lowest BCUT2D eigenvalue weighted by atomic mass is 10.0. The van der Waals surface area contributed by atoms with Gasteiger partial charge in [0.15, 0.2) is 5.82 Å². The van der Waals surface area contributed by atoms with E-state index in [2.05, 4.69) is 52.3 Å². The number of aromatic nitrogens is 2. The van der Waals surface area contributed by atoms with Gasteiger partial charge in [-0.25, -0.2) is 0 Å². The molecule has 1 saturated heterocycles. The van der Waals surface area contributed by atoms with Gasteiger partial charge >= 0.3 is 0 Å². The Morgan fingerprint density at radius 3 is 2.96 bits per heavy atom. The molecule has 124 valence electrons. The average molecular weight is 333 g/mol. The molecule has 0 amide bonds. The van der Waals surface area contributed by atoms with Crippen LogP contribution in [0.1, 0.15) is 30.2 Å². The highest BCUT2D eigenvalue weighted by molar-refractivity contribution is 8.00. The van der Waals surface area contributed by atoms with E-state index < -0.39 is 0 Å². The Labute approximate surface area is 141 Å². The van der Waals surface area contributed by atoms with E-state index in [9.17, 15) is 0 Å². The summed E-state index contributed by atoms with van der Waals surface area (Å²) in [6.07, 6.45) is 0.689. The molecule has 2 heterocycles. The third-order valence-electron chi connectivity index (χ3n) is 4.12. The fourth-order valence-electron chi connectivity index (χ4n) is 3.02.